The zero-order valence-corrected chi connectivity index (χ0v) is 16.4. The number of hydrogen-bond donors (Lipinski definition) is 1. The Morgan fingerprint density at radius 3 is 2.15 bits per heavy atom. The molecule has 27 heavy (non-hydrogen) atoms. The van der Waals surface area contributed by atoms with Crippen LogP contribution in [0.4, 0.5) is 5.69 Å². The van der Waals surface area contributed by atoms with Crippen LogP contribution in [0.25, 0.3) is 0 Å². The summed E-state index contributed by atoms with van der Waals surface area (Å²) in [6.07, 6.45) is 13.5. The number of ether oxygens (including phenoxy) is 1. The minimum atomic E-state index is -0.421. The summed E-state index contributed by atoms with van der Waals surface area (Å²) in [5.41, 5.74) is 0.581. The third-order valence-corrected chi connectivity index (χ3v) is 5.21. The topological polar surface area (TPSA) is 81.5 Å². The van der Waals surface area contributed by atoms with Gasteiger partial charge in [-0.3, -0.25) is 14.9 Å². The molecule has 1 N–H and O–H groups in total. The molecule has 1 saturated carbocycles. The monoisotopic (exact) mass is 376 g/mol. The van der Waals surface area contributed by atoms with E-state index in [1.807, 2.05) is 0 Å². The summed E-state index contributed by atoms with van der Waals surface area (Å²) >= 11 is 0. The maximum Gasteiger partial charge on any atom is 0.272 e. The third-order valence-electron chi connectivity index (χ3n) is 5.21. The second kappa shape index (κ2) is 11.6. The standard InChI is InChI=1S/C21H32N2O4/c1-17-15-19(13-14-20(17)23(25)26)27-16-21(24)22-18-11-9-7-5-3-2-4-6-8-10-12-18/h13-15,18H,2-12,16H2,1H3,(H,22,24). The van der Waals surface area contributed by atoms with Gasteiger partial charge in [-0.2, -0.15) is 0 Å². The predicted octanol–water partition coefficient (Wildman–Crippen LogP) is 5.07. The summed E-state index contributed by atoms with van der Waals surface area (Å²) in [7, 11) is 0. The van der Waals surface area contributed by atoms with Crippen LogP contribution in [0.3, 0.4) is 0 Å². The molecule has 1 aromatic rings. The summed E-state index contributed by atoms with van der Waals surface area (Å²) in [4.78, 5) is 22.7. The van der Waals surface area contributed by atoms with Gasteiger partial charge in [0.2, 0.25) is 0 Å². The quantitative estimate of drug-likeness (QED) is 0.574. The van der Waals surface area contributed by atoms with Gasteiger partial charge in [-0.1, -0.05) is 57.8 Å². The Morgan fingerprint density at radius 1 is 1.07 bits per heavy atom. The van der Waals surface area contributed by atoms with Gasteiger partial charge in [0.05, 0.1) is 4.92 Å². The highest BCUT2D eigenvalue weighted by molar-refractivity contribution is 5.77. The van der Waals surface area contributed by atoms with Crippen LogP contribution in [0.5, 0.6) is 5.75 Å². The van der Waals surface area contributed by atoms with Crippen molar-refractivity contribution in [3.05, 3.63) is 33.9 Å². The minimum absolute atomic E-state index is 0.0556. The summed E-state index contributed by atoms with van der Waals surface area (Å²) in [6, 6.07) is 4.77. The Bertz CT molecular complexity index is 606. The second-order valence-electron chi connectivity index (χ2n) is 7.52. The van der Waals surface area contributed by atoms with Gasteiger partial charge in [-0.15, -0.1) is 0 Å². The van der Waals surface area contributed by atoms with Crippen LogP contribution in [0.2, 0.25) is 0 Å². The SMILES string of the molecule is Cc1cc(OCC(=O)NC2CCCCCCCCCCC2)ccc1[N+](=O)[O-]. The van der Waals surface area contributed by atoms with Crippen molar-refractivity contribution in [1.29, 1.82) is 0 Å². The molecule has 0 heterocycles. The highest BCUT2D eigenvalue weighted by atomic mass is 16.6. The molecular formula is C21H32N2O4. The van der Waals surface area contributed by atoms with Crippen LogP contribution in [-0.4, -0.2) is 23.5 Å². The van der Waals surface area contributed by atoms with Crippen LogP contribution in [-0.2, 0) is 4.79 Å². The molecule has 0 unspecified atom stereocenters. The van der Waals surface area contributed by atoms with Crippen LogP contribution < -0.4 is 10.1 Å². The highest BCUT2D eigenvalue weighted by Gasteiger charge is 2.14. The molecule has 6 nitrogen and oxygen atoms in total. The lowest BCUT2D eigenvalue weighted by Gasteiger charge is -2.19. The number of carbonyl (C=O) groups excluding carboxylic acids is 1. The van der Waals surface area contributed by atoms with Gasteiger partial charge in [0, 0.05) is 17.7 Å². The van der Waals surface area contributed by atoms with Crippen molar-refractivity contribution in [2.75, 3.05) is 6.61 Å². The molecule has 0 saturated heterocycles. The molecule has 2 rings (SSSR count). The molecule has 1 aromatic carbocycles. The fraction of sp³-hybridized carbons (Fsp3) is 0.667. The van der Waals surface area contributed by atoms with E-state index in [1.54, 1.807) is 13.0 Å². The zero-order chi connectivity index (χ0) is 19.5. The van der Waals surface area contributed by atoms with Gasteiger partial charge in [0.1, 0.15) is 5.75 Å². The molecule has 0 aliphatic heterocycles. The molecule has 0 atom stereocenters. The van der Waals surface area contributed by atoms with E-state index in [0.717, 1.165) is 25.7 Å². The molecule has 1 amide bonds. The molecule has 1 fully saturated rings. The van der Waals surface area contributed by atoms with E-state index >= 15 is 0 Å². The smallest absolute Gasteiger partial charge is 0.272 e. The van der Waals surface area contributed by atoms with E-state index in [0.29, 0.717) is 11.3 Å². The lowest BCUT2D eigenvalue weighted by atomic mass is 9.98. The van der Waals surface area contributed by atoms with E-state index in [9.17, 15) is 14.9 Å². The van der Waals surface area contributed by atoms with Crippen LogP contribution in [0.1, 0.15) is 76.2 Å². The van der Waals surface area contributed by atoms with E-state index in [4.69, 9.17) is 4.74 Å². The largest absolute Gasteiger partial charge is 0.484 e. The lowest BCUT2D eigenvalue weighted by molar-refractivity contribution is -0.385. The molecule has 0 radical (unpaired) electrons. The maximum atomic E-state index is 12.3. The van der Waals surface area contributed by atoms with Crippen LogP contribution in [0, 0.1) is 17.0 Å². The Labute approximate surface area is 161 Å². The first-order valence-corrected chi connectivity index (χ1v) is 10.2. The molecule has 6 heteroatoms. The van der Waals surface area contributed by atoms with Crippen molar-refractivity contribution >= 4 is 11.6 Å². The van der Waals surface area contributed by atoms with E-state index in [2.05, 4.69) is 5.32 Å². The minimum Gasteiger partial charge on any atom is -0.484 e. The maximum absolute atomic E-state index is 12.3. The zero-order valence-electron chi connectivity index (χ0n) is 16.4. The second-order valence-corrected chi connectivity index (χ2v) is 7.52. The number of nitro benzene ring substituents is 1. The molecule has 1 aliphatic rings. The number of benzene rings is 1. The molecule has 150 valence electrons. The number of aryl methyl sites for hydroxylation is 1. The van der Waals surface area contributed by atoms with Crippen molar-refractivity contribution in [3.63, 3.8) is 0 Å². The molecule has 0 aromatic heterocycles. The number of amides is 1. The fourth-order valence-corrected chi connectivity index (χ4v) is 3.65. The summed E-state index contributed by atoms with van der Waals surface area (Å²) in [5.74, 6) is 0.357. The first-order valence-electron chi connectivity index (χ1n) is 10.2. The average molecular weight is 376 g/mol. The molecule has 0 spiro atoms. The van der Waals surface area contributed by atoms with Gasteiger partial charge in [-0.25, -0.2) is 0 Å². The number of rotatable bonds is 5. The Kier molecular flexibility index (Phi) is 9.08. The van der Waals surface area contributed by atoms with Gasteiger partial charge >= 0.3 is 0 Å². The Morgan fingerprint density at radius 2 is 1.63 bits per heavy atom. The van der Waals surface area contributed by atoms with Crippen molar-refractivity contribution in [1.82, 2.24) is 5.32 Å². The van der Waals surface area contributed by atoms with Gasteiger partial charge < -0.3 is 10.1 Å². The van der Waals surface area contributed by atoms with Gasteiger partial charge in [0.15, 0.2) is 6.61 Å². The third kappa shape index (κ3) is 7.97. The predicted molar refractivity (Wildman–Crippen MR) is 106 cm³/mol. The number of nitro groups is 1. The van der Waals surface area contributed by atoms with Gasteiger partial charge in [0.25, 0.3) is 11.6 Å². The first-order chi connectivity index (χ1) is 13.1. The summed E-state index contributed by atoms with van der Waals surface area (Å²) in [5, 5.41) is 14.0. The van der Waals surface area contributed by atoms with Crippen molar-refractivity contribution in [2.24, 2.45) is 0 Å². The summed E-state index contributed by atoms with van der Waals surface area (Å²) in [6.45, 7) is 1.60. The Hall–Kier alpha value is -2.11. The number of carbonyl (C=O) groups is 1. The van der Waals surface area contributed by atoms with Gasteiger partial charge in [-0.05, 0) is 31.9 Å². The average Bonchev–Trinajstić information content (AvgIpc) is 2.62. The molecule has 0 bridgehead atoms. The van der Waals surface area contributed by atoms with Crippen LogP contribution >= 0.6 is 0 Å². The number of nitrogens with one attached hydrogen (secondary N) is 1. The van der Waals surface area contributed by atoms with E-state index < -0.39 is 4.92 Å². The molecular weight excluding hydrogens is 344 g/mol. The first kappa shape index (κ1) is 21.2. The highest BCUT2D eigenvalue weighted by Crippen LogP contribution is 2.23. The summed E-state index contributed by atoms with van der Waals surface area (Å²) < 4.78 is 5.53. The normalized spacial score (nSPS) is 17.4. The lowest BCUT2D eigenvalue weighted by Crippen LogP contribution is -2.38. The van der Waals surface area contributed by atoms with Crippen molar-refractivity contribution in [2.45, 2.75) is 83.6 Å². The van der Waals surface area contributed by atoms with E-state index in [1.165, 1.54) is 57.1 Å². The fourth-order valence-electron chi connectivity index (χ4n) is 3.65. The Balaban J connectivity index is 1.80. The number of nitrogens with zero attached hydrogens (tertiary/aromatic N) is 1. The van der Waals surface area contributed by atoms with Crippen LogP contribution in [0.15, 0.2) is 18.2 Å². The van der Waals surface area contributed by atoms with Crippen molar-refractivity contribution in [3.8, 4) is 5.75 Å². The molecule has 1 aliphatic carbocycles. The number of hydrogen-bond acceptors (Lipinski definition) is 4. The van der Waals surface area contributed by atoms with Crippen molar-refractivity contribution < 1.29 is 14.5 Å². The van der Waals surface area contributed by atoms with E-state index in [-0.39, 0.29) is 24.2 Å².